The molecule has 0 spiro atoms. The van der Waals surface area contributed by atoms with E-state index in [4.69, 9.17) is 38.1 Å². The van der Waals surface area contributed by atoms with Gasteiger partial charge in [0.2, 0.25) is 39.5 Å². The number of piperazine rings is 1. The van der Waals surface area contributed by atoms with E-state index < -0.39 is 122 Å². The number of amides is 5. The van der Waals surface area contributed by atoms with Crippen molar-refractivity contribution in [3.8, 4) is 34.1 Å². The van der Waals surface area contributed by atoms with Crippen molar-refractivity contribution in [2.24, 2.45) is 0 Å². The quantitative estimate of drug-likeness (QED) is 0.00933. The van der Waals surface area contributed by atoms with Gasteiger partial charge in [-0.1, -0.05) is 55.5 Å². The highest BCUT2D eigenvalue weighted by atomic mass is 32.2. The summed E-state index contributed by atoms with van der Waals surface area (Å²) < 4.78 is 115. The van der Waals surface area contributed by atoms with Crippen LogP contribution in [0.3, 0.4) is 0 Å². The topological polar surface area (TPSA) is 388 Å². The van der Waals surface area contributed by atoms with Gasteiger partial charge in [0, 0.05) is 135 Å². The van der Waals surface area contributed by atoms with E-state index in [0.717, 1.165) is 56.9 Å². The van der Waals surface area contributed by atoms with Crippen molar-refractivity contribution in [2.45, 2.75) is 155 Å². The number of fused-ring (bicyclic) bond motifs is 3. The number of nitrogens with one attached hydrogen (secondary N) is 4. The summed E-state index contributed by atoms with van der Waals surface area (Å²) >= 11 is 0. The van der Waals surface area contributed by atoms with Crippen LogP contribution >= 0.6 is 0 Å². The number of nitrogens with zero attached hydrogens (tertiary/aromatic N) is 11. The number of alkyl halides is 3. The Labute approximate surface area is 733 Å². The Morgan fingerprint density at radius 1 is 0.603 bits per heavy atom. The van der Waals surface area contributed by atoms with E-state index in [0.29, 0.717) is 75.7 Å². The molecule has 3 aliphatic rings. The summed E-state index contributed by atoms with van der Waals surface area (Å²) in [6.45, 7) is 22.3. The van der Waals surface area contributed by atoms with E-state index in [2.05, 4.69) is 31.2 Å². The number of alkyl carbamates (subject to hydrolysis) is 1. The van der Waals surface area contributed by atoms with E-state index in [-0.39, 0.29) is 146 Å². The zero-order valence-corrected chi connectivity index (χ0v) is 74.5. The first-order valence-corrected chi connectivity index (χ1v) is 43.8. The summed E-state index contributed by atoms with van der Waals surface area (Å²) in [5, 5.41) is 22.8. The first-order valence-electron chi connectivity index (χ1n) is 42.3. The molecule has 3 aromatic heterocycles. The molecule has 2 saturated heterocycles. The van der Waals surface area contributed by atoms with Crippen LogP contribution in [0.1, 0.15) is 141 Å². The molecule has 686 valence electrons. The van der Waals surface area contributed by atoms with Gasteiger partial charge in [0.05, 0.1) is 104 Å². The van der Waals surface area contributed by atoms with Gasteiger partial charge in [-0.05, 0) is 154 Å². The number of hydrogen-bond donors (Lipinski definition) is 4. The first-order chi connectivity index (χ1) is 59.7. The third kappa shape index (κ3) is 29.8. The van der Waals surface area contributed by atoms with Crippen LogP contribution in [0.4, 0.5) is 29.3 Å². The van der Waals surface area contributed by atoms with Gasteiger partial charge in [-0.15, -0.1) is 0 Å². The zero-order valence-electron chi connectivity index (χ0n) is 73.7. The molecule has 1 aliphatic carbocycles. The van der Waals surface area contributed by atoms with Gasteiger partial charge in [0.1, 0.15) is 29.5 Å². The van der Waals surface area contributed by atoms with Gasteiger partial charge < -0.3 is 64.2 Å². The molecule has 0 unspecified atom stereocenters. The Hall–Kier alpha value is -11.0. The third-order valence-corrected chi connectivity index (χ3v) is 22.3. The van der Waals surface area contributed by atoms with Crippen LogP contribution in [-0.2, 0) is 75.2 Å². The van der Waals surface area contributed by atoms with Crippen LogP contribution in [-0.4, -0.2) is 291 Å². The molecule has 0 bridgehead atoms. The molecular weight excluding hydrogens is 1660 g/mol. The largest absolute Gasteiger partial charge is 0.478 e. The lowest BCUT2D eigenvalue weighted by Crippen LogP contribution is -2.55. The minimum Gasteiger partial charge on any atom is -0.478 e. The molecule has 3 aromatic carbocycles. The average molecular weight is 1780 g/mol. The van der Waals surface area contributed by atoms with Crippen molar-refractivity contribution in [1.29, 1.82) is 0 Å². The number of nitro benzene ring substituents is 1. The van der Waals surface area contributed by atoms with Crippen LogP contribution in [0.25, 0.3) is 22.4 Å². The molecule has 0 saturated carbocycles. The van der Waals surface area contributed by atoms with Gasteiger partial charge in [-0.25, -0.2) is 28.2 Å². The molecule has 5 amide bonds. The number of nitro groups is 1. The van der Waals surface area contributed by atoms with Crippen LogP contribution in [0.2, 0.25) is 0 Å². The molecule has 126 heavy (non-hydrogen) atoms. The monoisotopic (exact) mass is 1780 g/mol. The number of carbonyl (C=O) groups is 8. The van der Waals surface area contributed by atoms with E-state index in [9.17, 15) is 61.6 Å². The maximum absolute atomic E-state index is 15.3. The molecule has 2 fully saturated rings. The summed E-state index contributed by atoms with van der Waals surface area (Å²) in [5.74, 6) is -4.65. The molecule has 0 radical (unpaired) electrons. The van der Waals surface area contributed by atoms with E-state index in [1.54, 1.807) is 100 Å². The summed E-state index contributed by atoms with van der Waals surface area (Å²) in [5.41, 5.74) is 0.284. The fourth-order valence-electron chi connectivity index (χ4n) is 14.7. The highest BCUT2D eigenvalue weighted by Crippen LogP contribution is 2.45. The zero-order chi connectivity index (χ0) is 91.7. The molecule has 5 heterocycles. The number of sulfonamides is 1. The summed E-state index contributed by atoms with van der Waals surface area (Å²) in [6, 6.07) is 26.4. The number of benzene rings is 3. The molecular formula is C88H118F3N15O19S. The van der Waals surface area contributed by atoms with Gasteiger partial charge in [0.25, 0.3) is 11.6 Å². The number of pyridine rings is 3. The second kappa shape index (κ2) is 45.4. The second-order valence-corrected chi connectivity index (χ2v) is 35.5. The van der Waals surface area contributed by atoms with Crippen molar-refractivity contribution in [3.63, 3.8) is 0 Å². The van der Waals surface area contributed by atoms with Crippen LogP contribution in [0.5, 0.6) is 11.8 Å². The number of hydrogen-bond acceptors (Lipinski definition) is 27. The minimum absolute atomic E-state index is 0.00525. The minimum atomic E-state index is -5.02. The standard InChI is InChI=1S/C88H118F3N15O19S/c1-13-60-53-103(83(113)68-31-34-76(120-14-2)98-80(68)88(89,90)91)48-49-105(60)73-33-32-70(67-26-20-35-95-82(67)121-15-3)96-72(73)54-104(126(117,118)62-29-27-61(28-30-62)106(115)116)39-21-36-94-81(112)71(97-84(114)122-59-69-65-24-18-16-22-63(65)64-23-17-19-25-66(64)69)52-74(107)92-37-50-119-51-38-93-75(108)55-99-40-42-100(56-77(109)123-85(4,5)6)44-46-102(58-79(111)125-87(10,11)12)47-45-101(43-41-99)57-78(110)124-86(7,8)9/h16-20,22-35,60,69,71H,13-15,21,36-59H2,1-12H3,(H,92,107)(H,93,108)(H,94,112)(H,97,114)/t60-,71-/m1/s1. The Bertz CT molecular complexity index is 4770. The number of rotatable bonds is 37. The van der Waals surface area contributed by atoms with Crippen LogP contribution in [0.15, 0.2) is 120 Å². The average Bonchev–Trinajstić information content (AvgIpc) is 1.15. The number of ether oxygens (including phenoxy) is 7. The summed E-state index contributed by atoms with van der Waals surface area (Å²) in [6.07, 6.45) is -4.98. The van der Waals surface area contributed by atoms with E-state index in [1.165, 1.54) is 17.2 Å². The Kier molecular flexibility index (Phi) is 35.6. The fraction of sp³-hybridized carbons (Fsp3) is 0.534. The predicted molar refractivity (Wildman–Crippen MR) is 461 cm³/mol. The molecule has 2 aliphatic heterocycles. The number of anilines is 1. The number of halogens is 3. The van der Waals surface area contributed by atoms with Crippen molar-refractivity contribution < 1.29 is 98.0 Å². The van der Waals surface area contributed by atoms with Crippen molar-refractivity contribution >= 4 is 69.0 Å². The SMILES string of the molecule is CCOc1ccc(C(=O)N2CCN(c3ccc(-c4cccnc4OCC)nc3CN(CCCNC(=O)[C@@H](CC(=O)NCCOCCNC(=O)CN3CCN(CC(=O)OC(C)(C)C)CCN(CC(=O)OC(C)(C)C)CCN(CC(=O)OC(C)(C)C)CC3)NC(=O)OCC3c4ccccc4-c4ccccc43)S(=O)(=O)c3ccc([N+](=O)[O-])cc3)[C@H](CC)C2)c(C(F)(F)F)n1. The van der Waals surface area contributed by atoms with Crippen molar-refractivity contribution in [1.82, 2.24) is 65.0 Å². The summed E-state index contributed by atoms with van der Waals surface area (Å²) in [7, 11) is -4.68. The number of carbonyl (C=O) groups excluding carboxylic acids is 8. The summed E-state index contributed by atoms with van der Waals surface area (Å²) in [4.78, 5) is 145. The molecule has 4 N–H and O–H groups in total. The predicted octanol–water partition coefficient (Wildman–Crippen LogP) is 8.49. The van der Waals surface area contributed by atoms with Gasteiger partial charge >= 0.3 is 30.2 Å². The Balaban J connectivity index is 0.886. The van der Waals surface area contributed by atoms with Gasteiger partial charge in [-0.2, -0.15) is 17.5 Å². The normalized spacial score (nSPS) is 15.8. The van der Waals surface area contributed by atoms with Crippen molar-refractivity contribution in [3.05, 3.63) is 154 Å². The highest BCUT2D eigenvalue weighted by molar-refractivity contribution is 7.89. The lowest BCUT2D eigenvalue weighted by atomic mass is 9.98. The lowest BCUT2D eigenvalue weighted by Gasteiger charge is -2.43. The van der Waals surface area contributed by atoms with Crippen LogP contribution in [0, 0.1) is 10.1 Å². The maximum atomic E-state index is 15.3. The van der Waals surface area contributed by atoms with Gasteiger partial charge in [-0.3, -0.25) is 63.3 Å². The van der Waals surface area contributed by atoms with E-state index >= 15 is 8.42 Å². The molecule has 9 rings (SSSR count). The highest BCUT2D eigenvalue weighted by Gasteiger charge is 2.42. The molecule has 2 atom stereocenters. The third-order valence-electron chi connectivity index (χ3n) is 20.5. The van der Waals surface area contributed by atoms with Gasteiger partial charge in [0.15, 0.2) is 5.69 Å². The van der Waals surface area contributed by atoms with E-state index in [1.807, 2.05) is 80.0 Å². The number of non-ortho nitro benzene ring substituents is 1. The maximum Gasteiger partial charge on any atom is 0.434 e. The molecule has 6 aromatic rings. The second-order valence-electron chi connectivity index (χ2n) is 33.6. The lowest BCUT2D eigenvalue weighted by molar-refractivity contribution is -0.384. The molecule has 34 nitrogen and oxygen atoms in total. The van der Waals surface area contributed by atoms with Crippen molar-refractivity contribution in [2.75, 3.05) is 162 Å². The number of esters is 3. The molecule has 38 heteroatoms. The van der Waals surface area contributed by atoms with Crippen LogP contribution < -0.4 is 35.6 Å². The Morgan fingerprint density at radius 3 is 1.66 bits per heavy atom. The smallest absolute Gasteiger partial charge is 0.434 e. The Morgan fingerprint density at radius 2 is 1.13 bits per heavy atom. The number of aromatic nitrogens is 3. The fourth-order valence-corrected chi connectivity index (χ4v) is 16.2. The first kappa shape index (κ1) is 98.8.